The number of aromatic nitrogens is 3. The van der Waals surface area contributed by atoms with Crippen LogP contribution in [-0.2, 0) is 4.74 Å². The number of carbonyl (C=O) groups excluding carboxylic acids is 1. The summed E-state index contributed by atoms with van der Waals surface area (Å²) in [6, 6.07) is 5.09. The minimum atomic E-state index is -0.242. The Kier molecular flexibility index (Phi) is 4.35. The van der Waals surface area contributed by atoms with E-state index in [0.717, 1.165) is 19.3 Å². The van der Waals surface area contributed by atoms with Crippen molar-refractivity contribution in [2.24, 2.45) is 0 Å². The molecule has 0 radical (unpaired) electrons. The Labute approximate surface area is 150 Å². The molecule has 8 heteroatoms. The number of hydrogen-bond acceptors (Lipinski definition) is 4. The molecule has 2 fully saturated rings. The Hall–Kier alpha value is -2.12. The van der Waals surface area contributed by atoms with Crippen LogP contribution in [-0.4, -0.2) is 39.0 Å². The highest BCUT2D eigenvalue weighted by Crippen LogP contribution is 2.40. The molecule has 1 atom stereocenters. The van der Waals surface area contributed by atoms with Gasteiger partial charge in [0.25, 0.3) is 0 Å². The molecule has 1 aromatic carbocycles. The van der Waals surface area contributed by atoms with Gasteiger partial charge in [-0.1, -0.05) is 24.4 Å². The van der Waals surface area contributed by atoms with Crippen molar-refractivity contribution in [2.75, 3.05) is 11.9 Å². The lowest BCUT2D eigenvalue weighted by Crippen LogP contribution is -2.39. The first-order valence-electron chi connectivity index (χ1n) is 8.50. The molecule has 1 aromatic heterocycles. The summed E-state index contributed by atoms with van der Waals surface area (Å²) >= 11 is 6.28. The maximum Gasteiger partial charge on any atom is 0.319 e. The number of rotatable bonds is 3. The van der Waals surface area contributed by atoms with Gasteiger partial charge < -0.3 is 15.4 Å². The van der Waals surface area contributed by atoms with Gasteiger partial charge in [-0.2, -0.15) is 5.10 Å². The molecule has 132 valence electrons. The monoisotopic (exact) mass is 361 g/mol. The van der Waals surface area contributed by atoms with Gasteiger partial charge >= 0.3 is 6.03 Å². The van der Waals surface area contributed by atoms with Crippen LogP contribution in [0.3, 0.4) is 0 Å². The van der Waals surface area contributed by atoms with Crippen LogP contribution in [0.15, 0.2) is 30.9 Å². The highest BCUT2D eigenvalue weighted by atomic mass is 35.5. The predicted octanol–water partition coefficient (Wildman–Crippen LogP) is 3.14. The molecule has 1 saturated carbocycles. The van der Waals surface area contributed by atoms with Gasteiger partial charge in [0, 0.05) is 5.69 Å². The van der Waals surface area contributed by atoms with Crippen LogP contribution < -0.4 is 10.6 Å². The van der Waals surface area contributed by atoms with Crippen LogP contribution >= 0.6 is 11.6 Å². The number of amides is 2. The van der Waals surface area contributed by atoms with E-state index in [1.807, 2.05) is 0 Å². The van der Waals surface area contributed by atoms with Gasteiger partial charge in [0.15, 0.2) is 0 Å². The number of halogens is 1. The highest BCUT2D eigenvalue weighted by molar-refractivity contribution is 6.32. The van der Waals surface area contributed by atoms with Crippen LogP contribution in [0.4, 0.5) is 10.5 Å². The lowest BCUT2D eigenvalue weighted by atomic mass is 9.96. The van der Waals surface area contributed by atoms with E-state index < -0.39 is 0 Å². The second-order valence-electron chi connectivity index (χ2n) is 6.71. The van der Waals surface area contributed by atoms with E-state index in [1.54, 1.807) is 29.2 Å². The lowest BCUT2D eigenvalue weighted by molar-refractivity contribution is 0.00998. The minimum absolute atomic E-state index is 0.000697. The quantitative estimate of drug-likeness (QED) is 0.880. The smallest absolute Gasteiger partial charge is 0.319 e. The van der Waals surface area contributed by atoms with Gasteiger partial charge in [-0.3, -0.25) is 0 Å². The van der Waals surface area contributed by atoms with Crippen molar-refractivity contribution in [1.29, 1.82) is 0 Å². The highest BCUT2D eigenvalue weighted by Gasteiger charge is 2.42. The van der Waals surface area contributed by atoms with E-state index in [1.165, 1.54) is 19.2 Å². The van der Waals surface area contributed by atoms with E-state index in [-0.39, 0.29) is 17.7 Å². The molecular weight excluding hydrogens is 342 g/mol. The molecule has 1 saturated heterocycles. The average Bonchev–Trinajstić information content (AvgIpc) is 3.32. The zero-order valence-electron chi connectivity index (χ0n) is 13.7. The third kappa shape index (κ3) is 3.48. The topological polar surface area (TPSA) is 81.1 Å². The summed E-state index contributed by atoms with van der Waals surface area (Å²) in [5, 5.41) is 10.4. The number of benzene rings is 1. The van der Waals surface area contributed by atoms with E-state index >= 15 is 0 Å². The second-order valence-corrected chi connectivity index (χ2v) is 7.11. The van der Waals surface area contributed by atoms with Crippen LogP contribution in [0, 0.1) is 0 Å². The van der Waals surface area contributed by atoms with Gasteiger partial charge in [-0.25, -0.2) is 14.5 Å². The maximum atomic E-state index is 12.2. The molecule has 25 heavy (non-hydrogen) atoms. The molecule has 1 spiro atoms. The van der Waals surface area contributed by atoms with Crippen LogP contribution in [0.25, 0.3) is 5.69 Å². The standard InChI is InChI=1S/C17H20ClN5O2/c18-14-7-12(3-4-15(14)23-11-19-10-20-23)21-16(24)22-13-8-17(25-9-13)5-1-2-6-17/h3-4,7,10-11,13H,1-2,5-6,8-9H2,(H2,21,22,24)/t13-/m1/s1. The molecule has 0 bridgehead atoms. The molecule has 2 heterocycles. The first kappa shape index (κ1) is 16.4. The van der Waals surface area contributed by atoms with Crippen molar-refractivity contribution in [3.8, 4) is 5.69 Å². The third-order valence-corrected chi connectivity index (χ3v) is 5.23. The second kappa shape index (κ2) is 6.65. The van der Waals surface area contributed by atoms with Crippen molar-refractivity contribution in [1.82, 2.24) is 20.1 Å². The number of nitrogens with zero attached hydrogens (tertiary/aromatic N) is 3. The molecule has 1 aliphatic carbocycles. The molecular formula is C17H20ClN5O2. The van der Waals surface area contributed by atoms with E-state index in [0.29, 0.717) is 23.0 Å². The summed E-state index contributed by atoms with van der Waals surface area (Å²) in [6.07, 6.45) is 8.55. The fraction of sp³-hybridized carbons (Fsp3) is 0.471. The largest absolute Gasteiger partial charge is 0.373 e. The Morgan fingerprint density at radius 2 is 2.20 bits per heavy atom. The van der Waals surface area contributed by atoms with Crippen LogP contribution in [0.1, 0.15) is 32.1 Å². The summed E-state index contributed by atoms with van der Waals surface area (Å²) < 4.78 is 7.53. The summed E-state index contributed by atoms with van der Waals surface area (Å²) in [4.78, 5) is 16.1. The van der Waals surface area contributed by atoms with Crippen molar-refractivity contribution in [3.63, 3.8) is 0 Å². The van der Waals surface area contributed by atoms with Crippen molar-refractivity contribution in [3.05, 3.63) is 35.9 Å². The SMILES string of the molecule is O=C(Nc1ccc(-n2cncn2)c(Cl)c1)N[C@H]1COC2(CCCC2)C1. The third-order valence-electron chi connectivity index (χ3n) is 4.93. The Morgan fingerprint density at radius 3 is 2.92 bits per heavy atom. The molecule has 2 amide bonds. The Balaban J connectivity index is 1.36. The van der Waals surface area contributed by atoms with Crippen molar-refractivity contribution >= 4 is 23.3 Å². The molecule has 2 aliphatic rings. The lowest BCUT2D eigenvalue weighted by Gasteiger charge is -2.21. The number of urea groups is 1. The Bertz CT molecular complexity index is 758. The van der Waals surface area contributed by atoms with E-state index in [4.69, 9.17) is 16.3 Å². The number of nitrogens with one attached hydrogen (secondary N) is 2. The molecule has 0 unspecified atom stereocenters. The Morgan fingerprint density at radius 1 is 1.36 bits per heavy atom. The number of anilines is 1. The molecule has 2 N–H and O–H groups in total. The number of hydrogen-bond donors (Lipinski definition) is 2. The van der Waals surface area contributed by atoms with Crippen LogP contribution in [0.5, 0.6) is 0 Å². The number of ether oxygens (including phenoxy) is 1. The first-order valence-corrected chi connectivity index (χ1v) is 8.87. The van der Waals surface area contributed by atoms with Gasteiger partial charge in [-0.05, 0) is 37.5 Å². The van der Waals surface area contributed by atoms with E-state index in [2.05, 4.69) is 20.7 Å². The normalized spacial score (nSPS) is 21.6. The summed E-state index contributed by atoms with van der Waals surface area (Å²) in [6.45, 7) is 0.583. The van der Waals surface area contributed by atoms with Crippen molar-refractivity contribution in [2.45, 2.75) is 43.7 Å². The van der Waals surface area contributed by atoms with Crippen molar-refractivity contribution < 1.29 is 9.53 Å². The van der Waals surface area contributed by atoms with Gasteiger partial charge in [0.05, 0.1) is 29.0 Å². The zero-order chi connectivity index (χ0) is 17.3. The average molecular weight is 362 g/mol. The zero-order valence-corrected chi connectivity index (χ0v) is 14.5. The van der Waals surface area contributed by atoms with Gasteiger partial charge in [-0.15, -0.1) is 0 Å². The van der Waals surface area contributed by atoms with Gasteiger partial charge in [0.1, 0.15) is 12.7 Å². The molecule has 4 rings (SSSR count). The first-order chi connectivity index (χ1) is 12.1. The van der Waals surface area contributed by atoms with Gasteiger partial charge in [0.2, 0.25) is 0 Å². The minimum Gasteiger partial charge on any atom is -0.373 e. The summed E-state index contributed by atoms with van der Waals surface area (Å²) in [7, 11) is 0. The maximum absolute atomic E-state index is 12.2. The molecule has 1 aliphatic heterocycles. The summed E-state index contributed by atoms with van der Waals surface area (Å²) in [5.74, 6) is 0. The summed E-state index contributed by atoms with van der Waals surface area (Å²) in [5.41, 5.74) is 1.33. The van der Waals surface area contributed by atoms with Crippen LogP contribution in [0.2, 0.25) is 5.02 Å². The van der Waals surface area contributed by atoms with E-state index in [9.17, 15) is 4.79 Å². The fourth-order valence-electron chi connectivity index (χ4n) is 3.76. The number of carbonyl (C=O) groups is 1. The predicted molar refractivity (Wildman–Crippen MR) is 94.1 cm³/mol. The molecule has 2 aromatic rings. The fourth-order valence-corrected chi connectivity index (χ4v) is 4.03. The molecule has 7 nitrogen and oxygen atoms in total.